The van der Waals surface area contributed by atoms with Crippen molar-refractivity contribution in [2.45, 2.75) is 39.0 Å². The maximum atomic E-state index is 13.9. The molecule has 0 saturated carbocycles. The standard InChI is InChI=1S/C22H23F2N3O5/c1-3-32-20-18-22(30)27-12(2)10-31-11-15(27)8-26(18)9-16(19(20)28)21(29)25-7-13-4-5-14(23)6-17(13)24/h4-6,9,12,15H,3,7-8,10-11H2,1-2H3,(H,25,29)/t12-,15-/m1/s1. The summed E-state index contributed by atoms with van der Waals surface area (Å²) in [7, 11) is 0. The number of carbonyl (C=O) groups excluding carboxylic acids is 2. The Kier molecular flexibility index (Phi) is 5.96. The fourth-order valence-electron chi connectivity index (χ4n) is 4.13. The number of pyridine rings is 1. The van der Waals surface area contributed by atoms with Crippen molar-refractivity contribution in [3.8, 4) is 5.75 Å². The minimum Gasteiger partial charge on any atom is -0.488 e. The third kappa shape index (κ3) is 3.86. The lowest BCUT2D eigenvalue weighted by Gasteiger charge is -2.44. The second-order valence-corrected chi connectivity index (χ2v) is 7.81. The number of rotatable bonds is 5. The van der Waals surface area contributed by atoms with Crippen molar-refractivity contribution in [2.24, 2.45) is 0 Å². The zero-order valence-corrected chi connectivity index (χ0v) is 17.7. The molecule has 2 amide bonds. The lowest BCUT2D eigenvalue weighted by Crippen LogP contribution is -2.59. The first kappa shape index (κ1) is 21.9. The topological polar surface area (TPSA) is 89.9 Å². The second-order valence-electron chi connectivity index (χ2n) is 7.81. The van der Waals surface area contributed by atoms with E-state index in [4.69, 9.17) is 9.47 Å². The number of benzene rings is 1. The first-order valence-electron chi connectivity index (χ1n) is 10.3. The highest BCUT2D eigenvalue weighted by Crippen LogP contribution is 2.28. The van der Waals surface area contributed by atoms with E-state index >= 15 is 0 Å². The largest absolute Gasteiger partial charge is 0.488 e. The van der Waals surface area contributed by atoms with Gasteiger partial charge in [0.1, 0.15) is 17.2 Å². The highest BCUT2D eigenvalue weighted by Gasteiger charge is 2.41. The average Bonchev–Trinajstić information content (AvgIpc) is 2.75. The Morgan fingerprint density at radius 2 is 2.06 bits per heavy atom. The average molecular weight is 447 g/mol. The van der Waals surface area contributed by atoms with Crippen molar-refractivity contribution in [1.29, 1.82) is 0 Å². The lowest BCUT2D eigenvalue weighted by molar-refractivity contribution is -0.0417. The summed E-state index contributed by atoms with van der Waals surface area (Å²) in [6.45, 7) is 4.51. The van der Waals surface area contributed by atoms with Gasteiger partial charge in [0.25, 0.3) is 11.8 Å². The molecule has 1 N–H and O–H groups in total. The van der Waals surface area contributed by atoms with Crippen LogP contribution in [0.4, 0.5) is 8.78 Å². The molecule has 2 aromatic rings. The number of morpholine rings is 1. The number of hydrogen-bond donors (Lipinski definition) is 1. The van der Waals surface area contributed by atoms with Gasteiger partial charge in [-0.25, -0.2) is 8.78 Å². The number of carbonyl (C=O) groups is 2. The summed E-state index contributed by atoms with van der Waals surface area (Å²) in [4.78, 5) is 40.8. The summed E-state index contributed by atoms with van der Waals surface area (Å²) < 4.78 is 39.6. The Labute approximate surface area is 182 Å². The number of nitrogens with zero attached hydrogens (tertiary/aromatic N) is 2. The van der Waals surface area contributed by atoms with Gasteiger partial charge in [-0.15, -0.1) is 0 Å². The zero-order chi connectivity index (χ0) is 23.0. The molecule has 0 radical (unpaired) electrons. The van der Waals surface area contributed by atoms with Gasteiger partial charge < -0.3 is 24.3 Å². The van der Waals surface area contributed by atoms with Crippen LogP contribution in [0.25, 0.3) is 0 Å². The summed E-state index contributed by atoms with van der Waals surface area (Å²) >= 11 is 0. The van der Waals surface area contributed by atoms with Gasteiger partial charge in [0.2, 0.25) is 5.43 Å². The number of fused-ring (bicyclic) bond motifs is 2. The van der Waals surface area contributed by atoms with Crippen LogP contribution in [0.1, 0.15) is 40.3 Å². The molecule has 170 valence electrons. The van der Waals surface area contributed by atoms with E-state index in [1.165, 1.54) is 12.3 Å². The zero-order valence-electron chi connectivity index (χ0n) is 17.7. The third-order valence-electron chi connectivity index (χ3n) is 5.61. The van der Waals surface area contributed by atoms with Crippen LogP contribution in [0.3, 0.4) is 0 Å². The van der Waals surface area contributed by atoms with Gasteiger partial charge in [0.15, 0.2) is 11.4 Å². The van der Waals surface area contributed by atoms with Crippen LogP contribution in [0.5, 0.6) is 5.75 Å². The Balaban J connectivity index is 1.68. The molecule has 0 aliphatic carbocycles. The van der Waals surface area contributed by atoms with Crippen molar-refractivity contribution >= 4 is 11.8 Å². The van der Waals surface area contributed by atoms with E-state index in [0.29, 0.717) is 25.8 Å². The molecule has 8 nitrogen and oxygen atoms in total. The molecule has 10 heteroatoms. The Bertz CT molecular complexity index is 1130. The van der Waals surface area contributed by atoms with E-state index in [0.717, 1.165) is 6.07 Å². The van der Waals surface area contributed by atoms with Crippen LogP contribution in [-0.2, 0) is 17.8 Å². The summed E-state index contributed by atoms with van der Waals surface area (Å²) in [5.41, 5.74) is -0.779. The maximum absolute atomic E-state index is 13.9. The molecule has 3 heterocycles. The number of amides is 2. The van der Waals surface area contributed by atoms with Gasteiger partial charge in [-0.3, -0.25) is 14.4 Å². The van der Waals surface area contributed by atoms with Crippen molar-refractivity contribution in [2.75, 3.05) is 19.8 Å². The summed E-state index contributed by atoms with van der Waals surface area (Å²) in [6, 6.07) is 2.62. The summed E-state index contributed by atoms with van der Waals surface area (Å²) in [5, 5.41) is 2.48. The van der Waals surface area contributed by atoms with Gasteiger partial charge in [-0.05, 0) is 19.9 Å². The third-order valence-corrected chi connectivity index (χ3v) is 5.61. The van der Waals surface area contributed by atoms with Crippen molar-refractivity contribution in [1.82, 2.24) is 14.8 Å². The first-order valence-corrected chi connectivity index (χ1v) is 10.3. The highest BCUT2D eigenvalue weighted by molar-refractivity contribution is 5.99. The molecule has 0 bridgehead atoms. The number of ether oxygens (including phenoxy) is 2. The minimum absolute atomic E-state index is 0.0713. The molecule has 1 aromatic heterocycles. The predicted molar refractivity (Wildman–Crippen MR) is 110 cm³/mol. The van der Waals surface area contributed by atoms with Crippen molar-refractivity contribution < 1.29 is 27.8 Å². The fourth-order valence-corrected chi connectivity index (χ4v) is 4.13. The summed E-state index contributed by atoms with van der Waals surface area (Å²) in [5.74, 6) is -2.82. The maximum Gasteiger partial charge on any atom is 0.275 e. The summed E-state index contributed by atoms with van der Waals surface area (Å²) in [6.07, 6.45) is 1.32. The molecule has 2 atom stereocenters. The molecular formula is C22H23F2N3O5. The van der Waals surface area contributed by atoms with Crippen molar-refractivity contribution in [3.63, 3.8) is 0 Å². The van der Waals surface area contributed by atoms with E-state index in [1.54, 1.807) is 16.4 Å². The SMILES string of the molecule is CCOc1c2n(cc(C(=O)NCc3ccc(F)cc3F)c1=O)C[C@@H]1COC[C@@H](C)N1C2=O. The number of nitrogens with one attached hydrogen (secondary N) is 1. The van der Waals surface area contributed by atoms with Gasteiger partial charge in [0.05, 0.1) is 31.9 Å². The van der Waals surface area contributed by atoms with E-state index in [1.807, 2.05) is 6.92 Å². The van der Waals surface area contributed by atoms with Crippen LogP contribution in [-0.4, -0.2) is 53.2 Å². The van der Waals surface area contributed by atoms with E-state index < -0.39 is 23.0 Å². The monoisotopic (exact) mass is 447 g/mol. The molecule has 1 fully saturated rings. The minimum atomic E-state index is -0.806. The Morgan fingerprint density at radius 1 is 1.28 bits per heavy atom. The van der Waals surface area contributed by atoms with Gasteiger partial charge >= 0.3 is 0 Å². The molecule has 0 spiro atoms. The quantitative estimate of drug-likeness (QED) is 0.754. The second kappa shape index (κ2) is 8.70. The van der Waals surface area contributed by atoms with Crippen LogP contribution >= 0.6 is 0 Å². The van der Waals surface area contributed by atoms with Crippen LogP contribution in [0.15, 0.2) is 29.2 Å². The van der Waals surface area contributed by atoms with E-state index in [-0.39, 0.29) is 53.7 Å². The van der Waals surface area contributed by atoms with Gasteiger partial charge in [0, 0.05) is 30.9 Å². The van der Waals surface area contributed by atoms with Gasteiger partial charge in [-0.2, -0.15) is 0 Å². The smallest absolute Gasteiger partial charge is 0.275 e. The van der Waals surface area contributed by atoms with Crippen LogP contribution in [0.2, 0.25) is 0 Å². The molecule has 32 heavy (non-hydrogen) atoms. The molecule has 1 saturated heterocycles. The van der Waals surface area contributed by atoms with Crippen LogP contribution in [0, 0.1) is 11.6 Å². The molecular weight excluding hydrogens is 424 g/mol. The Morgan fingerprint density at radius 3 is 2.78 bits per heavy atom. The number of aromatic nitrogens is 1. The van der Waals surface area contributed by atoms with E-state index in [9.17, 15) is 23.2 Å². The normalized spacial score (nSPS) is 19.9. The Hall–Kier alpha value is -3.27. The fraction of sp³-hybridized carbons (Fsp3) is 0.409. The van der Waals surface area contributed by atoms with Crippen molar-refractivity contribution in [3.05, 3.63) is 63.1 Å². The molecule has 1 aromatic carbocycles. The number of hydrogen-bond acceptors (Lipinski definition) is 5. The number of halogens is 2. The lowest BCUT2D eigenvalue weighted by atomic mass is 10.0. The predicted octanol–water partition coefficient (Wildman–Crippen LogP) is 1.70. The van der Waals surface area contributed by atoms with Gasteiger partial charge in [-0.1, -0.05) is 6.07 Å². The molecule has 2 aliphatic heterocycles. The molecule has 2 aliphatic rings. The van der Waals surface area contributed by atoms with Crippen LogP contribution < -0.4 is 15.5 Å². The molecule has 4 rings (SSSR count). The molecule has 0 unspecified atom stereocenters. The first-order chi connectivity index (χ1) is 15.3. The van der Waals surface area contributed by atoms with E-state index in [2.05, 4.69) is 5.32 Å². The highest BCUT2D eigenvalue weighted by atomic mass is 19.1.